The van der Waals surface area contributed by atoms with E-state index < -0.39 is 0 Å². The van der Waals surface area contributed by atoms with Crippen molar-refractivity contribution >= 4 is 11.6 Å². The Kier molecular flexibility index (Phi) is 4.26. The molecule has 0 aromatic heterocycles. The summed E-state index contributed by atoms with van der Waals surface area (Å²) in [4.78, 5) is 18.9. The number of hydrogen-bond acceptors (Lipinski definition) is 5. The van der Waals surface area contributed by atoms with Crippen LogP contribution in [0.25, 0.3) is 0 Å². The van der Waals surface area contributed by atoms with Gasteiger partial charge in [0.05, 0.1) is 11.8 Å². The molecule has 0 radical (unpaired) electrons. The molecule has 0 saturated heterocycles. The zero-order valence-corrected chi connectivity index (χ0v) is 13.8. The summed E-state index contributed by atoms with van der Waals surface area (Å²) in [6.45, 7) is 4.18. The zero-order chi connectivity index (χ0) is 16.6. The molecule has 6 nitrogen and oxygen atoms in total. The van der Waals surface area contributed by atoms with E-state index in [9.17, 15) is 4.79 Å². The van der Waals surface area contributed by atoms with E-state index in [1.54, 1.807) is 4.90 Å². The maximum Gasteiger partial charge on any atom is 0.247 e. The third kappa shape index (κ3) is 3.03. The van der Waals surface area contributed by atoms with E-state index in [2.05, 4.69) is 0 Å². The summed E-state index contributed by atoms with van der Waals surface area (Å²) in [5.74, 6) is 1.53. The topological polar surface area (TPSA) is 77.2 Å². The quantitative estimate of drug-likeness (QED) is 0.914. The van der Waals surface area contributed by atoms with Crippen LogP contribution in [0.1, 0.15) is 32.3 Å². The Labute approximate surface area is 136 Å². The molecule has 0 spiro atoms. The number of hydrogen-bond donors (Lipinski definition) is 1. The predicted molar refractivity (Wildman–Crippen MR) is 88.0 cm³/mol. The van der Waals surface area contributed by atoms with Gasteiger partial charge in [0.2, 0.25) is 12.7 Å². The zero-order valence-electron chi connectivity index (χ0n) is 13.8. The van der Waals surface area contributed by atoms with E-state index in [1.807, 2.05) is 39.1 Å². The van der Waals surface area contributed by atoms with Gasteiger partial charge < -0.3 is 20.1 Å². The van der Waals surface area contributed by atoms with E-state index in [0.717, 1.165) is 29.2 Å². The molecule has 1 amide bonds. The molecule has 3 rings (SSSR count). The molecule has 1 aromatic rings. The molecule has 2 heterocycles. The summed E-state index contributed by atoms with van der Waals surface area (Å²) in [6, 6.07) is 5.42. The standard InChI is InChI=1S/C17H23N3O3/c1-10(18)4-6-13-17(21)20(3)11(2)16(19-13)12-5-7-14-15(8-12)23-9-22-14/h5,7-8,10-11,13H,4,6,9,18H2,1-3H3/t10?,11?,13-/m0/s1. The first-order valence-corrected chi connectivity index (χ1v) is 7.97. The lowest BCUT2D eigenvalue weighted by molar-refractivity contribution is -0.132. The maximum absolute atomic E-state index is 12.4. The Bertz CT molecular complexity index is 642. The van der Waals surface area contributed by atoms with Gasteiger partial charge in [-0.15, -0.1) is 0 Å². The van der Waals surface area contributed by atoms with Gasteiger partial charge in [-0.05, 0) is 44.9 Å². The Morgan fingerprint density at radius 2 is 2.13 bits per heavy atom. The lowest BCUT2D eigenvalue weighted by atomic mass is 9.97. The summed E-state index contributed by atoms with van der Waals surface area (Å²) in [5, 5.41) is 0. The first-order chi connectivity index (χ1) is 11.0. The molecule has 0 fully saturated rings. The van der Waals surface area contributed by atoms with Gasteiger partial charge in [0.25, 0.3) is 0 Å². The minimum absolute atomic E-state index is 0.0580. The van der Waals surface area contributed by atoms with Crippen LogP contribution in [0.15, 0.2) is 23.2 Å². The second-order valence-electron chi connectivity index (χ2n) is 6.28. The number of nitrogens with zero attached hydrogens (tertiary/aromatic N) is 2. The minimum Gasteiger partial charge on any atom is -0.454 e. The SMILES string of the molecule is CC(N)CC[C@@H]1N=C(c2ccc3c(c2)OCO3)C(C)N(C)C1=O. The van der Waals surface area contributed by atoms with Gasteiger partial charge in [0.1, 0.15) is 6.04 Å². The molecular weight excluding hydrogens is 294 g/mol. The van der Waals surface area contributed by atoms with Crippen molar-refractivity contribution in [3.05, 3.63) is 23.8 Å². The predicted octanol–water partition coefficient (Wildman–Crippen LogP) is 1.56. The fraction of sp³-hybridized carbons (Fsp3) is 0.529. The number of carbonyl (C=O) groups is 1. The van der Waals surface area contributed by atoms with Crippen LogP contribution in [0.4, 0.5) is 0 Å². The first-order valence-electron chi connectivity index (χ1n) is 7.97. The van der Waals surface area contributed by atoms with E-state index >= 15 is 0 Å². The molecule has 0 bridgehead atoms. The van der Waals surface area contributed by atoms with E-state index in [1.165, 1.54) is 0 Å². The number of likely N-dealkylation sites (N-methyl/N-ethyl adjacent to an activating group) is 1. The maximum atomic E-state index is 12.4. The van der Waals surface area contributed by atoms with Crippen molar-refractivity contribution in [1.29, 1.82) is 0 Å². The average Bonchev–Trinajstić information content (AvgIpc) is 2.99. The Morgan fingerprint density at radius 1 is 1.39 bits per heavy atom. The van der Waals surface area contributed by atoms with E-state index in [4.69, 9.17) is 20.2 Å². The van der Waals surface area contributed by atoms with Crippen LogP contribution in [-0.2, 0) is 4.79 Å². The highest BCUT2D eigenvalue weighted by molar-refractivity contribution is 6.09. The van der Waals surface area contributed by atoms with Crippen molar-refractivity contribution in [1.82, 2.24) is 4.90 Å². The van der Waals surface area contributed by atoms with E-state index in [-0.39, 0.29) is 30.8 Å². The molecule has 0 aliphatic carbocycles. The number of fused-ring (bicyclic) bond motifs is 1. The molecule has 2 aliphatic heterocycles. The Hall–Kier alpha value is -2.08. The fourth-order valence-corrected chi connectivity index (χ4v) is 2.92. The summed E-state index contributed by atoms with van der Waals surface area (Å²) in [6.07, 6.45) is 1.44. The van der Waals surface area contributed by atoms with Gasteiger partial charge in [-0.3, -0.25) is 9.79 Å². The molecule has 1 aromatic carbocycles. The highest BCUT2D eigenvalue weighted by atomic mass is 16.7. The van der Waals surface area contributed by atoms with Crippen LogP contribution in [0, 0.1) is 0 Å². The number of nitrogens with two attached hydrogens (primary N) is 1. The number of aliphatic imine (C=N–C) groups is 1. The van der Waals surface area contributed by atoms with Crippen molar-refractivity contribution in [2.75, 3.05) is 13.8 Å². The summed E-state index contributed by atoms with van der Waals surface area (Å²) in [5.41, 5.74) is 7.69. The van der Waals surface area contributed by atoms with Crippen LogP contribution in [0.5, 0.6) is 11.5 Å². The van der Waals surface area contributed by atoms with Crippen molar-refractivity contribution in [3.63, 3.8) is 0 Å². The van der Waals surface area contributed by atoms with Crippen LogP contribution in [-0.4, -0.2) is 48.5 Å². The average molecular weight is 317 g/mol. The van der Waals surface area contributed by atoms with Gasteiger partial charge in [-0.2, -0.15) is 0 Å². The number of rotatable bonds is 4. The lowest BCUT2D eigenvalue weighted by Crippen LogP contribution is -2.50. The highest BCUT2D eigenvalue weighted by Crippen LogP contribution is 2.33. The second kappa shape index (κ2) is 6.20. The Balaban J connectivity index is 1.91. The highest BCUT2D eigenvalue weighted by Gasteiger charge is 2.33. The van der Waals surface area contributed by atoms with Crippen molar-refractivity contribution in [2.24, 2.45) is 10.7 Å². The molecule has 23 heavy (non-hydrogen) atoms. The minimum atomic E-state index is -0.359. The number of benzene rings is 1. The molecule has 2 unspecified atom stereocenters. The second-order valence-corrected chi connectivity index (χ2v) is 6.28. The van der Waals surface area contributed by atoms with Gasteiger partial charge in [0.15, 0.2) is 11.5 Å². The van der Waals surface area contributed by atoms with Crippen LogP contribution < -0.4 is 15.2 Å². The smallest absolute Gasteiger partial charge is 0.247 e. The number of ether oxygens (including phenoxy) is 2. The third-order valence-electron chi connectivity index (χ3n) is 4.47. The number of amides is 1. The van der Waals surface area contributed by atoms with Gasteiger partial charge >= 0.3 is 0 Å². The van der Waals surface area contributed by atoms with Gasteiger partial charge in [-0.25, -0.2) is 0 Å². The molecule has 6 heteroatoms. The van der Waals surface area contributed by atoms with Crippen molar-refractivity contribution < 1.29 is 14.3 Å². The van der Waals surface area contributed by atoms with Crippen molar-refractivity contribution in [2.45, 2.75) is 44.8 Å². The normalized spacial score (nSPS) is 24.6. The summed E-state index contributed by atoms with van der Waals surface area (Å²) < 4.78 is 10.8. The fourth-order valence-electron chi connectivity index (χ4n) is 2.92. The first kappa shape index (κ1) is 15.8. The largest absolute Gasteiger partial charge is 0.454 e. The molecule has 2 aliphatic rings. The molecule has 0 saturated carbocycles. The third-order valence-corrected chi connectivity index (χ3v) is 4.47. The molecule has 3 atom stereocenters. The molecular formula is C17H23N3O3. The van der Waals surface area contributed by atoms with Gasteiger partial charge in [0, 0.05) is 18.7 Å². The summed E-state index contributed by atoms with van der Waals surface area (Å²) in [7, 11) is 1.83. The number of carbonyl (C=O) groups excluding carboxylic acids is 1. The monoisotopic (exact) mass is 317 g/mol. The van der Waals surface area contributed by atoms with Crippen LogP contribution >= 0.6 is 0 Å². The molecule has 2 N–H and O–H groups in total. The van der Waals surface area contributed by atoms with Crippen LogP contribution in [0.3, 0.4) is 0 Å². The van der Waals surface area contributed by atoms with Crippen molar-refractivity contribution in [3.8, 4) is 11.5 Å². The van der Waals surface area contributed by atoms with Crippen LogP contribution in [0.2, 0.25) is 0 Å². The lowest BCUT2D eigenvalue weighted by Gasteiger charge is -2.34. The molecule has 124 valence electrons. The van der Waals surface area contributed by atoms with Gasteiger partial charge in [-0.1, -0.05) is 0 Å². The van der Waals surface area contributed by atoms with E-state index in [0.29, 0.717) is 6.42 Å². The summed E-state index contributed by atoms with van der Waals surface area (Å²) >= 11 is 0. The Morgan fingerprint density at radius 3 is 2.87 bits per heavy atom.